The van der Waals surface area contributed by atoms with Crippen LogP contribution < -0.4 is 10.6 Å². The number of hydrogen-bond acceptors (Lipinski definition) is 3. The van der Waals surface area contributed by atoms with Gasteiger partial charge in [0.15, 0.2) is 0 Å². The first kappa shape index (κ1) is 17.9. The molecule has 0 radical (unpaired) electrons. The maximum absolute atomic E-state index is 12.2. The van der Waals surface area contributed by atoms with E-state index in [2.05, 4.69) is 10.6 Å². The maximum Gasteiger partial charge on any atom is 0.267 e. The third kappa shape index (κ3) is 4.76. The molecule has 2 aromatic carbocycles. The molecule has 2 rings (SSSR count). The Morgan fingerprint density at radius 3 is 2.58 bits per heavy atom. The molecule has 0 atom stereocenters. The van der Waals surface area contributed by atoms with E-state index in [1.54, 1.807) is 18.2 Å². The van der Waals surface area contributed by atoms with Crippen LogP contribution >= 0.6 is 23.2 Å². The Bertz CT molecular complexity index is 808. The van der Waals surface area contributed by atoms with Crippen LogP contribution in [0.1, 0.15) is 11.1 Å². The SMILES string of the molecule is Cc1ccc(CN/C=C(/C#N)C(=O)Nc2cccc(Cl)c2Cl)cc1. The molecule has 0 heterocycles. The van der Waals surface area contributed by atoms with Crippen molar-refractivity contribution >= 4 is 34.8 Å². The van der Waals surface area contributed by atoms with Crippen LogP contribution in [-0.2, 0) is 11.3 Å². The van der Waals surface area contributed by atoms with E-state index in [-0.39, 0.29) is 10.6 Å². The van der Waals surface area contributed by atoms with Gasteiger partial charge in [0.2, 0.25) is 0 Å². The number of aryl methyl sites for hydroxylation is 1. The van der Waals surface area contributed by atoms with Crippen molar-refractivity contribution in [2.75, 3.05) is 5.32 Å². The maximum atomic E-state index is 12.2. The summed E-state index contributed by atoms with van der Waals surface area (Å²) >= 11 is 11.9. The normalized spacial score (nSPS) is 10.8. The molecule has 0 aliphatic carbocycles. The summed E-state index contributed by atoms with van der Waals surface area (Å²) in [5.74, 6) is -0.557. The molecule has 24 heavy (non-hydrogen) atoms. The van der Waals surface area contributed by atoms with E-state index in [1.807, 2.05) is 37.3 Å². The molecule has 6 heteroatoms. The van der Waals surface area contributed by atoms with Gasteiger partial charge in [0.25, 0.3) is 5.91 Å². The highest BCUT2D eigenvalue weighted by atomic mass is 35.5. The highest BCUT2D eigenvalue weighted by Gasteiger charge is 2.12. The van der Waals surface area contributed by atoms with Gasteiger partial charge < -0.3 is 10.6 Å². The fourth-order valence-electron chi connectivity index (χ4n) is 1.92. The van der Waals surface area contributed by atoms with E-state index in [0.717, 1.165) is 5.56 Å². The fourth-order valence-corrected chi connectivity index (χ4v) is 2.26. The molecule has 0 unspecified atom stereocenters. The quantitative estimate of drug-likeness (QED) is 0.612. The number of anilines is 1. The number of hydrogen-bond donors (Lipinski definition) is 2. The van der Waals surface area contributed by atoms with Gasteiger partial charge >= 0.3 is 0 Å². The summed E-state index contributed by atoms with van der Waals surface area (Å²) < 4.78 is 0. The van der Waals surface area contributed by atoms with Gasteiger partial charge in [-0.15, -0.1) is 0 Å². The molecule has 4 nitrogen and oxygen atoms in total. The summed E-state index contributed by atoms with van der Waals surface area (Å²) in [6, 6.07) is 14.7. The zero-order valence-corrected chi connectivity index (χ0v) is 14.4. The van der Waals surface area contributed by atoms with Crippen molar-refractivity contribution in [2.24, 2.45) is 0 Å². The molecule has 0 aliphatic rings. The van der Waals surface area contributed by atoms with Gasteiger partial charge in [-0.25, -0.2) is 0 Å². The molecule has 0 saturated heterocycles. The van der Waals surface area contributed by atoms with Crippen LogP contribution in [0.5, 0.6) is 0 Å². The lowest BCUT2D eigenvalue weighted by atomic mass is 10.1. The lowest BCUT2D eigenvalue weighted by Gasteiger charge is -2.08. The second-order valence-electron chi connectivity index (χ2n) is 5.09. The molecule has 0 bridgehead atoms. The number of nitrogens with zero attached hydrogens (tertiary/aromatic N) is 1. The number of carbonyl (C=O) groups is 1. The molecule has 1 amide bonds. The Kier molecular flexibility index (Phi) is 6.25. The van der Waals surface area contributed by atoms with Crippen molar-refractivity contribution in [3.63, 3.8) is 0 Å². The number of nitrogens with one attached hydrogen (secondary N) is 2. The van der Waals surface area contributed by atoms with Gasteiger partial charge in [-0.1, -0.05) is 59.1 Å². The third-order valence-corrected chi connectivity index (χ3v) is 4.06. The first-order chi connectivity index (χ1) is 11.5. The van der Waals surface area contributed by atoms with Crippen molar-refractivity contribution in [1.29, 1.82) is 5.26 Å². The number of carbonyl (C=O) groups excluding carboxylic acids is 1. The topological polar surface area (TPSA) is 64.9 Å². The second-order valence-corrected chi connectivity index (χ2v) is 5.88. The van der Waals surface area contributed by atoms with Crippen molar-refractivity contribution in [3.8, 4) is 6.07 Å². The van der Waals surface area contributed by atoms with E-state index in [4.69, 9.17) is 28.5 Å². The molecule has 122 valence electrons. The van der Waals surface area contributed by atoms with E-state index < -0.39 is 5.91 Å². The average molecular weight is 360 g/mol. The molecule has 0 aromatic heterocycles. The van der Waals surface area contributed by atoms with Gasteiger partial charge in [-0.2, -0.15) is 5.26 Å². The Labute approximate surface area is 150 Å². The van der Waals surface area contributed by atoms with Crippen LogP contribution in [0.15, 0.2) is 54.2 Å². The molecule has 0 spiro atoms. The Hall–Kier alpha value is -2.48. The van der Waals surface area contributed by atoms with Crippen LogP contribution in [0.4, 0.5) is 5.69 Å². The monoisotopic (exact) mass is 359 g/mol. The summed E-state index contributed by atoms with van der Waals surface area (Å²) in [5.41, 5.74) is 2.52. The second kappa shape index (κ2) is 8.39. The van der Waals surface area contributed by atoms with Gasteiger partial charge in [-0.05, 0) is 24.6 Å². The number of halogens is 2. The van der Waals surface area contributed by atoms with Crippen LogP contribution in [0, 0.1) is 18.3 Å². The summed E-state index contributed by atoms with van der Waals surface area (Å²) in [5, 5.41) is 15.2. The van der Waals surface area contributed by atoms with Gasteiger partial charge in [0.05, 0.1) is 15.7 Å². The third-order valence-electron chi connectivity index (χ3n) is 3.24. The zero-order chi connectivity index (χ0) is 17.5. The summed E-state index contributed by atoms with van der Waals surface area (Å²) in [4.78, 5) is 12.2. The Morgan fingerprint density at radius 2 is 1.92 bits per heavy atom. The Balaban J connectivity index is 2.01. The molecular weight excluding hydrogens is 345 g/mol. The standard InChI is InChI=1S/C18H15Cl2N3O/c1-12-5-7-13(8-6-12)10-22-11-14(9-21)18(24)23-16-4-2-3-15(19)17(16)20/h2-8,11,22H,10H2,1H3,(H,23,24)/b14-11-. The van der Waals surface area contributed by atoms with Crippen LogP contribution in [0.2, 0.25) is 10.0 Å². The van der Waals surface area contributed by atoms with Crippen LogP contribution in [-0.4, -0.2) is 5.91 Å². The minimum absolute atomic E-state index is 0.0573. The highest BCUT2D eigenvalue weighted by molar-refractivity contribution is 6.44. The first-order valence-electron chi connectivity index (χ1n) is 7.16. The minimum Gasteiger partial charge on any atom is -0.386 e. The van der Waals surface area contributed by atoms with Crippen molar-refractivity contribution < 1.29 is 4.79 Å². The van der Waals surface area contributed by atoms with Gasteiger partial charge in [-0.3, -0.25) is 4.79 Å². The van der Waals surface area contributed by atoms with Crippen LogP contribution in [0.3, 0.4) is 0 Å². The van der Waals surface area contributed by atoms with Crippen molar-refractivity contribution in [1.82, 2.24) is 5.32 Å². The number of amides is 1. The van der Waals surface area contributed by atoms with E-state index >= 15 is 0 Å². The molecule has 0 saturated carbocycles. The van der Waals surface area contributed by atoms with Gasteiger partial charge in [0.1, 0.15) is 11.6 Å². The average Bonchev–Trinajstić information content (AvgIpc) is 2.57. The summed E-state index contributed by atoms with van der Waals surface area (Å²) in [6.07, 6.45) is 1.38. The lowest BCUT2D eigenvalue weighted by Crippen LogP contribution is -2.17. The molecule has 0 aliphatic heterocycles. The summed E-state index contributed by atoms with van der Waals surface area (Å²) in [6.45, 7) is 2.52. The highest BCUT2D eigenvalue weighted by Crippen LogP contribution is 2.29. The lowest BCUT2D eigenvalue weighted by molar-refractivity contribution is -0.112. The van der Waals surface area contributed by atoms with Crippen molar-refractivity contribution in [3.05, 3.63) is 75.4 Å². The van der Waals surface area contributed by atoms with E-state index in [1.165, 1.54) is 11.8 Å². The van der Waals surface area contributed by atoms with Crippen molar-refractivity contribution in [2.45, 2.75) is 13.5 Å². The van der Waals surface area contributed by atoms with Gasteiger partial charge in [0, 0.05) is 12.7 Å². The predicted octanol–water partition coefficient (Wildman–Crippen LogP) is 4.44. The molecule has 0 fully saturated rings. The summed E-state index contributed by atoms with van der Waals surface area (Å²) in [7, 11) is 0. The van der Waals surface area contributed by atoms with E-state index in [9.17, 15) is 4.79 Å². The minimum atomic E-state index is -0.557. The van der Waals surface area contributed by atoms with Crippen LogP contribution in [0.25, 0.3) is 0 Å². The molecule has 2 N–H and O–H groups in total. The number of rotatable bonds is 5. The number of benzene rings is 2. The fraction of sp³-hybridized carbons (Fsp3) is 0.111. The predicted molar refractivity (Wildman–Crippen MR) is 96.8 cm³/mol. The zero-order valence-electron chi connectivity index (χ0n) is 12.9. The largest absolute Gasteiger partial charge is 0.386 e. The molecule has 2 aromatic rings. The molecular formula is C18H15Cl2N3O. The first-order valence-corrected chi connectivity index (χ1v) is 7.91. The smallest absolute Gasteiger partial charge is 0.267 e. The Morgan fingerprint density at radius 1 is 1.21 bits per heavy atom. The van der Waals surface area contributed by atoms with E-state index in [0.29, 0.717) is 17.3 Å². The number of nitriles is 1.